The van der Waals surface area contributed by atoms with E-state index in [9.17, 15) is 14.4 Å². The van der Waals surface area contributed by atoms with Crippen LogP contribution in [0.25, 0.3) is 0 Å². The van der Waals surface area contributed by atoms with Gasteiger partial charge in [-0.2, -0.15) is 0 Å². The summed E-state index contributed by atoms with van der Waals surface area (Å²) in [6, 6.07) is 17.2. The summed E-state index contributed by atoms with van der Waals surface area (Å²) >= 11 is 0. The number of rotatable bonds is 6. The summed E-state index contributed by atoms with van der Waals surface area (Å²) in [4.78, 5) is 42.2. The molecule has 4 rings (SSSR count). The fraction of sp³-hybridized carbons (Fsp3) is 0.423. The fourth-order valence-electron chi connectivity index (χ4n) is 5.46. The monoisotopic (exact) mass is 435 g/mol. The van der Waals surface area contributed by atoms with Crippen molar-refractivity contribution in [3.05, 3.63) is 65.7 Å². The van der Waals surface area contributed by atoms with Gasteiger partial charge in [-0.15, -0.1) is 0 Å². The largest absolute Gasteiger partial charge is 0.497 e. The van der Waals surface area contributed by atoms with Gasteiger partial charge in [0.15, 0.2) is 5.41 Å². The highest BCUT2D eigenvalue weighted by molar-refractivity contribution is 6.07. The highest BCUT2D eigenvalue weighted by atomic mass is 16.5. The Labute approximate surface area is 188 Å². The maximum absolute atomic E-state index is 14.1. The number of esters is 1. The lowest BCUT2D eigenvalue weighted by molar-refractivity contribution is -0.181. The molecule has 32 heavy (non-hydrogen) atoms. The highest BCUT2D eigenvalue weighted by Gasteiger charge is 2.68. The molecular weight excluding hydrogens is 406 g/mol. The summed E-state index contributed by atoms with van der Waals surface area (Å²) in [5.74, 6) is -0.0803. The number of amides is 1. The lowest BCUT2D eigenvalue weighted by Crippen LogP contribution is -2.67. The van der Waals surface area contributed by atoms with Gasteiger partial charge in [-0.25, -0.2) is 0 Å². The molecule has 6 heteroatoms. The van der Waals surface area contributed by atoms with Crippen LogP contribution in [0.1, 0.15) is 43.7 Å². The Balaban J connectivity index is 1.85. The van der Waals surface area contributed by atoms with E-state index in [1.54, 1.807) is 18.9 Å². The molecule has 0 unspecified atom stereocenters. The number of piperidine rings is 1. The quantitative estimate of drug-likeness (QED) is 0.511. The summed E-state index contributed by atoms with van der Waals surface area (Å²) in [6.07, 6.45) is 0.995. The van der Waals surface area contributed by atoms with Crippen LogP contribution in [-0.4, -0.2) is 42.8 Å². The molecule has 2 atom stereocenters. The van der Waals surface area contributed by atoms with Crippen LogP contribution in [0.2, 0.25) is 0 Å². The number of hydrogen-bond donors (Lipinski definition) is 0. The molecular formula is C26H29NO5. The van der Waals surface area contributed by atoms with Crippen LogP contribution in [-0.2, 0) is 31.1 Å². The van der Waals surface area contributed by atoms with Gasteiger partial charge >= 0.3 is 5.97 Å². The zero-order valence-corrected chi connectivity index (χ0v) is 18.6. The summed E-state index contributed by atoms with van der Waals surface area (Å²) < 4.78 is 10.9. The van der Waals surface area contributed by atoms with Crippen LogP contribution in [0.5, 0.6) is 5.75 Å². The number of ether oxygens (including phenoxy) is 2. The van der Waals surface area contributed by atoms with Crippen molar-refractivity contribution in [1.29, 1.82) is 0 Å². The molecule has 6 nitrogen and oxygen atoms in total. The van der Waals surface area contributed by atoms with Gasteiger partial charge in [-0.05, 0) is 43.0 Å². The molecule has 1 saturated heterocycles. The van der Waals surface area contributed by atoms with Gasteiger partial charge < -0.3 is 14.4 Å². The molecule has 168 valence electrons. The van der Waals surface area contributed by atoms with E-state index in [1.807, 2.05) is 54.6 Å². The van der Waals surface area contributed by atoms with Crippen LogP contribution in [0.15, 0.2) is 54.6 Å². The highest BCUT2D eigenvalue weighted by Crippen LogP contribution is 2.57. The second kappa shape index (κ2) is 8.77. The molecule has 2 aromatic carbocycles. The third kappa shape index (κ3) is 3.48. The number of carbonyl (C=O) groups is 3. The number of fused-ring (bicyclic) bond motifs is 1. The Morgan fingerprint density at radius 2 is 1.84 bits per heavy atom. The van der Waals surface area contributed by atoms with Crippen molar-refractivity contribution in [2.75, 3.05) is 20.3 Å². The third-order valence-electron chi connectivity index (χ3n) is 7.02. The molecule has 1 heterocycles. The van der Waals surface area contributed by atoms with Gasteiger partial charge in [0.25, 0.3) is 0 Å². The van der Waals surface area contributed by atoms with Crippen LogP contribution < -0.4 is 4.74 Å². The Morgan fingerprint density at radius 1 is 1.06 bits per heavy atom. The van der Waals surface area contributed by atoms with Gasteiger partial charge in [0.05, 0.1) is 13.7 Å². The summed E-state index contributed by atoms with van der Waals surface area (Å²) in [5, 5.41) is 0. The van der Waals surface area contributed by atoms with Crippen molar-refractivity contribution in [2.24, 2.45) is 5.41 Å². The lowest BCUT2D eigenvalue weighted by Gasteiger charge is -2.55. The van der Waals surface area contributed by atoms with Crippen LogP contribution in [0.4, 0.5) is 0 Å². The minimum atomic E-state index is -1.43. The second-order valence-electron chi connectivity index (χ2n) is 8.62. The zero-order chi connectivity index (χ0) is 22.8. The Morgan fingerprint density at radius 3 is 2.56 bits per heavy atom. The molecule has 2 aromatic rings. The van der Waals surface area contributed by atoms with E-state index in [2.05, 4.69) is 0 Å². The first-order valence-corrected chi connectivity index (χ1v) is 11.1. The summed E-state index contributed by atoms with van der Waals surface area (Å²) in [7, 11) is 1.58. The first-order chi connectivity index (χ1) is 15.5. The SMILES string of the molecule is CCOC(=O)[C@@]12CCC(=O)C[C@]1(c1cccc(OC)c1)CCN(Cc1ccccc1)C2=O. The van der Waals surface area contributed by atoms with Gasteiger partial charge in [0, 0.05) is 31.3 Å². The van der Waals surface area contributed by atoms with Crippen molar-refractivity contribution in [2.45, 2.75) is 44.6 Å². The number of methoxy groups -OCH3 is 1. The average molecular weight is 436 g/mol. The molecule has 2 fully saturated rings. The van der Waals surface area contributed by atoms with Gasteiger partial charge in [0.1, 0.15) is 11.5 Å². The second-order valence-corrected chi connectivity index (χ2v) is 8.62. The Bertz CT molecular complexity index is 1020. The minimum absolute atomic E-state index is 0.0667. The van der Waals surface area contributed by atoms with Crippen LogP contribution in [0.3, 0.4) is 0 Å². The number of nitrogens with zero attached hydrogens (tertiary/aromatic N) is 1. The molecule has 0 N–H and O–H groups in total. The standard InChI is InChI=1S/C26H29NO5/c1-3-32-24(30)26-13-12-21(28)17-25(26,20-10-7-11-22(16-20)31-2)14-15-27(23(26)29)18-19-8-5-4-6-9-19/h4-11,16H,3,12-15,17-18H2,1-2H3/t25-,26-/m0/s1. The number of hydrogen-bond acceptors (Lipinski definition) is 5. The number of likely N-dealkylation sites (tertiary alicyclic amines) is 1. The van der Waals surface area contributed by atoms with Crippen LogP contribution in [0, 0.1) is 5.41 Å². The first-order valence-electron chi connectivity index (χ1n) is 11.1. The van der Waals surface area contributed by atoms with E-state index in [4.69, 9.17) is 9.47 Å². The third-order valence-corrected chi connectivity index (χ3v) is 7.02. The minimum Gasteiger partial charge on any atom is -0.497 e. The topological polar surface area (TPSA) is 72.9 Å². The van der Waals surface area contributed by atoms with E-state index in [0.29, 0.717) is 25.3 Å². The Kier molecular flexibility index (Phi) is 6.04. The fourth-order valence-corrected chi connectivity index (χ4v) is 5.46. The Hall–Kier alpha value is -3.15. The number of carbonyl (C=O) groups excluding carboxylic acids is 3. The average Bonchev–Trinajstić information content (AvgIpc) is 2.82. The van der Waals surface area contributed by atoms with E-state index >= 15 is 0 Å². The number of ketones is 1. The van der Waals surface area contributed by atoms with Crippen molar-refractivity contribution >= 4 is 17.7 Å². The predicted octanol–water partition coefficient (Wildman–Crippen LogP) is 3.67. The van der Waals surface area contributed by atoms with Crippen molar-refractivity contribution in [3.8, 4) is 5.75 Å². The van der Waals surface area contributed by atoms with Gasteiger partial charge in [-0.1, -0.05) is 42.5 Å². The van der Waals surface area contributed by atoms with E-state index < -0.39 is 16.8 Å². The molecule has 1 saturated carbocycles. The van der Waals surface area contributed by atoms with Crippen molar-refractivity contribution in [3.63, 3.8) is 0 Å². The van der Waals surface area contributed by atoms with Crippen molar-refractivity contribution in [1.82, 2.24) is 4.90 Å². The lowest BCUT2D eigenvalue weighted by atomic mass is 9.49. The van der Waals surface area contributed by atoms with Crippen LogP contribution >= 0.6 is 0 Å². The zero-order valence-electron chi connectivity index (χ0n) is 18.6. The number of benzene rings is 2. The normalized spacial score (nSPS) is 25.2. The van der Waals surface area contributed by atoms with E-state index in [1.165, 1.54) is 0 Å². The molecule has 0 spiro atoms. The van der Waals surface area contributed by atoms with Gasteiger partial charge in [-0.3, -0.25) is 14.4 Å². The molecule has 0 bridgehead atoms. The smallest absolute Gasteiger partial charge is 0.322 e. The molecule has 0 radical (unpaired) electrons. The number of Topliss-reactive ketones (excluding diaryl/α,β-unsaturated/α-hetero) is 1. The maximum atomic E-state index is 14.1. The van der Waals surface area contributed by atoms with Crippen molar-refractivity contribution < 1.29 is 23.9 Å². The predicted molar refractivity (Wildman–Crippen MR) is 119 cm³/mol. The molecule has 1 aliphatic heterocycles. The summed E-state index contributed by atoms with van der Waals surface area (Å²) in [5.41, 5.74) is -0.602. The van der Waals surface area contributed by atoms with E-state index in [0.717, 1.165) is 11.1 Å². The molecule has 1 amide bonds. The first kappa shape index (κ1) is 22.1. The molecule has 2 aliphatic rings. The van der Waals surface area contributed by atoms with Gasteiger partial charge in [0.2, 0.25) is 5.91 Å². The van der Waals surface area contributed by atoms with E-state index in [-0.39, 0.29) is 37.6 Å². The molecule has 0 aromatic heterocycles. The summed E-state index contributed by atoms with van der Waals surface area (Å²) in [6.45, 7) is 2.79. The molecule has 1 aliphatic carbocycles. The maximum Gasteiger partial charge on any atom is 0.322 e.